The molecular formula is C21H24N4O. The van der Waals surface area contributed by atoms with E-state index >= 15 is 0 Å². The van der Waals surface area contributed by atoms with Crippen molar-refractivity contribution < 1.29 is 4.79 Å². The molecule has 1 aliphatic heterocycles. The lowest BCUT2D eigenvalue weighted by atomic mass is 10.1. The van der Waals surface area contributed by atoms with E-state index < -0.39 is 0 Å². The van der Waals surface area contributed by atoms with Gasteiger partial charge in [-0.3, -0.25) is 9.69 Å². The Labute approximate surface area is 154 Å². The van der Waals surface area contributed by atoms with E-state index in [1.165, 1.54) is 5.56 Å². The summed E-state index contributed by atoms with van der Waals surface area (Å²) in [4.78, 5) is 21.4. The van der Waals surface area contributed by atoms with Crippen LogP contribution in [0.25, 0.3) is 0 Å². The normalized spacial score (nSPS) is 15.8. The Balaban J connectivity index is 1.58. The molecule has 3 rings (SSSR count). The van der Waals surface area contributed by atoms with Crippen molar-refractivity contribution in [1.29, 1.82) is 5.26 Å². The number of aromatic nitrogens is 1. The van der Waals surface area contributed by atoms with Crippen LogP contribution in [0.15, 0.2) is 42.5 Å². The first-order valence-electron chi connectivity index (χ1n) is 9.10. The van der Waals surface area contributed by atoms with Gasteiger partial charge in [0, 0.05) is 32.7 Å². The van der Waals surface area contributed by atoms with Gasteiger partial charge in [-0.2, -0.15) is 5.26 Å². The molecule has 5 heteroatoms. The van der Waals surface area contributed by atoms with Crippen LogP contribution in [0.1, 0.15) is 40.2 Å². The Hall–Kier alpha value is -2.71. The summed E-state index contributed by atoms with van der Waals surface area (Å²) in [7, 11) is 0. The van der Waals surface area contributed by atoms with E-state index in [0.717, 1.165) is 45.6 Å². The molecule has 0 atom stereocenters. The van der Waals surface area contributed by atoms with Crippen molar-refractivity contribution in [2.45, 2.75) is 26.3 Å². The standard InChI is InChI=1S/C21H24N4O/c1-17-19(15-22)9-10-20(23-17)21(26)25-13-5-11-24(12-6-14-25)16-18-7-3-2-4-8-18/h2-4,7-10H,5-6,11-14,16H2,1H3. The number of nitrogens with zero attached hydrogens (tertiary/aromatic N) is 4. The van der Waals surface area contributed by atoms with Gasteiger partial charge in [0.1, 0.15) is 11.8 Å². The predicted octanol–water partition coefficient (Wildman–Crippen LogP) is 3.00. The molecule has 0 radical (unpaired) electrons. The minimum absolute atomic E-state index is 0.0332. The molecule has 1 aromatic carbocycles. The second kappa shape index (κ2) is 8.59. The lowest BCUT2D eigenvalue weighted by Gasteiger charge is -2.30. The van der Waals surface area contributed by atoms with Crippen LogP contribution in [0.4, 0.5) is 0 Å². The zero-order valence-electron chi connectivity index (χ0n) is 15.2. The van der Waals surface area contributed by atoms with Crippen LogP contribution in [0, 0.1) is 18.3 Å². The van der Waals surface area contributed by atoms with Crippen LogP contribution in [-0.2, 0) is 6.54 Å². The summed E-state index contributed by atoms with van der Waals surface area (Å²) < 4.78 is 0. The van der Waals surface area contributed by atoms with Crippen molar-refractivity contribution >= 4 is 5.91 Å². The molecule has 1 amide bonds. The van der Waals surface area contributed by atoms with Gasteiger partial charge < -0.3 is 4.90 Å². The van der Waals surface area contributed by atoms with Crippen LogP contribution in [0.2, 0.25) is 0 Å². The maximum Gasteiger partial charge on any atom is 0.272 e. The number of amides is 1. The van der Waals surface area contributed by atoms with Crippen molar-refractivity contribution in [3.8, 4) is 6.07 Å². The molecule has 0 bridgehead atoms. The van der Waals surface area contributed by atoms with Gasteiger partial charge in [-0.05, 0) is 37.5 Å². The highest BCUT2D eigenvalue weighted by molar-refractivity contribution is 5.92. The smallest absolute Gasteiger partial charge is 0.272 e. The average molecular weight is 348 g/mol. The number of rotatable bonds is 3. The number of carbonyl (C=O) groups is 1. The summed E-state index contributed by atoms with van der Waals surface area (Å²) >= 11 is 0. The number of hydrogen-bond donors (Lipinski definition) is 0. The van der Waals surface area contributed by atoms with Gasteiger partial charge in [-0.25, -0.2) is 4.98 Å². The largest absolute Gasteiger partial charge is 0.337 e. The van der Waals surface area contributed by atoms with Gasteiger partial charge in [-0.1, -0.05) is 30.3 Å². The predicted molar refractivity (Wildman–Crippen MR) is 101 cm³/mol. The maximum atomic E-state index is 12.8. The fourth-order valence-corrected chi connectivity index (χ4v) is 3.36. The van der Waals surface area contributed by atoms with E-state index in [4.69, 9.17) is 5.26 Å². The number of benzene rings is 1. The summed E-state index contributed by atoms with van der Waals surface area (Å²) in [6.45, 7) is 6.18. The molecule has 1 saturated heterocycles. The molecule has 2 heterocycles. The van der Waals surface area contributed by atoms with E-state index in [1.807, 2.05) is 11.0 Å². The summed E-state index contributed by atoms with van der Waals surface area (Å²) in [5.74, 6) is -0.0332. The highest BCUT2D eigenvalue weighted by Gasteiger charge is 2.20. The molecule has 1 aromatic heterocycles. The molecule has 0 unspecified atom stereocenters. The molecular weight excluding hydrogens is 324 g/mol. The molecule has 5 nitrogen and oxygen atoms in total. The number of pyridine rings is 1. The highest BCUT2D eigenvalue weighted by atomic mass is 16.2. The van der Waals surface area contributed by atoms with E-state index in [1.54, 1.807) is 19.1 Å². The highest BCUT2D eigenvalue weighted by Crippen LogP contribution is 2.13. The fraction of sp³-hybridized carbons (Fsp3) is 0.381. The molecule has 0 aliphatic carbocycles. The third-order valence-electron chi connectivity index (χ3n) is 4.77. The molecule has 2 aromatic rings. The van der Waals surface area contributed by atoms with Gasteiger partial charge in [0.15, 0.2) is 0 Å². The fourth-order valence-electron chi connectivity index (χ4n) is 3.36. The zero-order chi connectivity index (χ0) is 18.4. The first-order chi connectivity index (χ1) is 12.7. The lowest BCUT2D eigenvalue weighted by Crippen LogP contribution is -2.39. The first kappa shape index (κ1) is 18.1. The summed E-state index contributed by atoms with van der Waals surface area (Å²) in [5.41, 5.74) is 2.90. The second-order valence-corrected chi connectivity index (χ2v) is 6.70. The Morgan fingerprint density at radius 3 is 2.38 bits per heavy atom. The van der Waals surface area contributed by atoms with Crippen LogP contribution < -0.4 is 0 Å². The van der Waals surface area contributed by atoms with Crippen LogP contribution in [-0.4, -0.2) is 46.9 Å². The zero-order valence-corrected chi connectivity index (χ0v) is 15.2. The van der Waals surface area contributed by atoms with Crippen LogP contribution in [0.3, 0.4) is 0 Å². The van der Waals surface area contributed by atoms with Gasteiger partial charge in [0.2, 0.25) is 0 Å². The Morgan fingerprint density at radius 2 is 1.77 bits per heavy atom. The van der Waals surface area contributed by atoms with Gasteiger partial charge in [0.05, 0.1) is 11.3 Å². The summed E-state index contributed by atoms with van der Waals surface area (Å²) in [6.07, 6.45) is 1.90. The van der Waals surface area contributed by atoms with Gasteiger partial charge in [0.25, 0.3) is 5.91 Å². The summed E-state index contributed by atoms with van der Waals surface area (Å²) in [5, 5.41) is 9.01. The van der Waals surface area contributed by atoms with Crippen molar-refractivity contribution in [3.63, 3.8) is 0 Å². The van der Waals surface area contributed by atoms with Crippen molar-refractivity contribution in [3.05, 3.63) is 65.0 Å². The quantitative estimate of drug-likeness (QED) is 0.855. The molecule has 26 heavy (non-hydrogen) atoms. The summed E-state index contributed by atoms with van der Waals surface area (Å²) in [6, 6.07) is 15.9. The van der Waals surface area contributed by atoms with E-state index in [-0.39, 0.29) is 5.91 Å². The maximum absolute atomic E-state index is 12.8. The number of carbonyl (C=O) groups excluding carboxylic acids is 1. The molecule has 1 aliphatic rings. The lowest BCUT2D eigenvalue weighted by molar-refractivity contribution is 0.0711. The van der Waals surface area contributed by atoms with E-state index in [9.17, 15) is 4.79 Å². The third-order valence-corrected chi connectivity index (χ3v) is 4.77. The Bertz CT molecular complexity index is 787. The molecule has 0 spiro atoms. The first-order valence-corrected chi connectivity index (χ1v) is 9.10. The molecule has 0 N–H and O–H groups in total. The minimum atomic E-state index is -0.0332. The van der Waals surface area contributed by atoms with Crippen molar-refractivity contribution in [1.82, 2.24) is 14.8 Å². The minimum Gasteiger partial charge on any atom is -0.337 e. The van der Waals surface area contributed by atoms with Gasteiger partial charge >= 0.3 is 0 Å². The number of hydrogen-bond acceptors (Lipinski definition) is 4. The van der Waals surface area contributed by atoms with Gasteiger partial charge in [-0.15, -0.1) is 0 Å². The van der Waals surface area contributed by atoms with Crippen molar-refractivity contribution in [2.24, 2.45) is 0 Å². The Morgan fingerprint density at radius 1 is 1.08 bits per heavy atom. The topological polar surface area (TPSA) is 60.2 Å². The molecule has 0 saturated carbocycles. The molecule has 134 valence electrons. The van der Waals surface area contributed by atoms with E-state index in [0.29, 0.717) is 17.0 Å². The third kappa shape index (κ3) is 4.47. The molecule has 1 fully saturated rings. The van der Waals surface area contributed by atoms with Crippen molar-refractivity contribution in [2.75, 3.05) is 26.2 Å². The van der Waals surface area contributed by atoms with E-state index in [2.05, 4.69) is 40.2 Å². The number of aryl methyl sites for hydroxylation is 1. The SMILES string of the molecule is Cc1nc(C(=O)N2CCCN(Cc3ccccc3)CCC2)ccc1C#N. The second-order valence-electron chi connectivity index (χ2n) is 6.70. The van der Waals surface area contributed by atoms with Crippen LogP contribution in [0.5, 0.6) is 0 Å². The number of nitriles is 1. The Kier molecular flexibility index (Phi) is 5.98. The van der Waals surface area contributed by atoms with Crippen LogP contribution >= 0.6 is 0 Å². The average Bonchev–Trinajstić information content (AvgIpc) is 2.64. The monoisotopic (exact) mass is 348 g/mol.